The number of amides is 1. The highest BCUT2D eigenvalue weighted by Gasteiger charge is 2.71. The Morgan fingerprint density at radius 1 is 1.00 bits per heavy atom. The lowest BCUT2D eigenvalue weighted by molar-refractivity contribution is -0.376. The van der Waals surface area contributed by atoms with Gasteiger partial charge in [-0.1, -0.05) is 42.7 Å². The molecule has 38 heavy (non-hydrogen) atoms. The van der Waals surface area contributed by atoms with Gasteiger partial charge < -0.3 is 10.4 Å². The number of rotatable bonds is 6. The Morgan fingerprint density at radius 3 is 2.18 bits per heavy atom. The number of fused-ring (bicyclic) bond motifs is 1. The van der Waals surface area contributed by atoms with Crippen molar-refractivity contribution in [2.75, 3.05) is 4.31 Å². The summed E-state index contributed by atoms with van der Waals surface area (Å²) >= 11 is 0. The van der Waals surface area contributed by atoms with Gasteiger partial charge in [-0.15, -0.1) is 0 Å². The second kappa shape index (κ2) is 10.5. The van der Waals surface area contributed by atoms with E-state index in [1.54, 1.807) is 24.3 Å². The molecule has 2 aliphatic rings. The summed E-state index contributed by atoms with van der Waals surface area (Å²) in [5.74, 6) is -0.253. The van der Waals surface area contributed by atoms with Gasteiger partial charge in [-0.3, -0.25) is 9.10 Å². The number of hydrogen-bond acceptors (Lipinski definition) is 3. The first-order valence-electron chi connectivity index (χ1n) is 12.3. The zero-order chi connectivity index (χ0) is 27.9. The lowest BCUT2D eigenvalue weighted by atomic mass is 9.87. The first-order valence-corrected chi connectivity index (χ1v) is 13.4. The summed E-state index contributed by atoms with van der Waals surface area (Å²) in [6, 6.07) is 8.39. The molecule has 1 heterocycles. The van der Waals surface area contributed by atoms with Crippen LogP contribution in [0.2, 0.25) is 0 Å². The van der Waals surface area contributed by atoms with E-state index in [1.165, 1.54) is 4.31 Å². The van der Waals surface area contributed by atoms with E-state index in [0.717, 1.165) is 37.3 Å². The van der Waals surface area contributed by atoms with Crippen LogP contribution in [0.5, 0.6) is 0 Å². The summed E-state index contributed by atoms with van der Waals surface area (Å²) in [4.78, 5) is 13.2. The summed E-state index contributed by atoms with van der Waals surface area (Å²) in [7, 11) is -1.91. The van der Waals surface area contributed by atoms with Crippen LogP contribution >= 0.6 is 0 Å². The van der Waals surface area contributed by atoms with E-state index < -0.39 is 40.5 Å². The molecule has 2 aromatic rings. The highest BCUT2D eigenvalue weighted by Crippen LogP contribution is 2.51. The van der Waals surface area contributed by atoms with Crippen molar-refractivity contribution in [2.45, 2.75) is 86.8 Å². The van der Waals surface area contributed by atoms with E-state index in [1.807, 2.05) is 6.92 Å². The first kappa shape index (κ1) is 28.4. The minimum absolute atomic E-state index is 0.0374. The van der Waals surface area contributed by atoms with Gasteiger partial charge in [-0.25, -0.2) is 4.21 Å². The number of carbonyl (C=O) groups is 1. The number of anilines is 1. The number of halogens is 6. The van der Waals surface area contributed by atoms with Gasteiger partial charge in [0.2, 0.25) is 5.91 Å². The van der Waals surface area contributed by atoms with Crippen molar-refractivity contribution in [3.05, 3.63) is 59.2 Å². The van der Waals surface area contributed by atoms with Gasteiger partial charge in [-0.05, 0) is 56.4 Å². The van der Waals surface area contributed by atoms with Crippen molar-refractivity contribution >= 4 is 22.6 Å². The number of nitrogens with zero attached hydrogens (tertiary/aromatic N) is 1. The fourth-order valence-electron chi connectivity index (χ4n) is 5.10. The molecule has 208 valence electrons. The SMILES string of the molecule is Cc1ccc(S(=O)N2c3ccc(C(O)(C(F)(F)F)C(F)(F)F)cc3CC[C@H]2CC(=O)NC2CCCC2)cc1. The number of carbonyl (C=O) groups excluding carboxylic acids is 1. The Kier molecular flexibility index (Phi) is 7.86. The van der Waals surface area contributed by atoms with Crippen molar-refractivity contribution in [1.29, 1.82) is 0 Å². The number of nitrogens with one attached hydrogen (secondary N) is 1. The Balaban J connectivity index is 1.72. The van der Waals surface area contributed by atoms with Crippen LogP contribution in [0.3, 0.4) is 0 Å². The van der Waals surface area contributed by atoms with Crippen LogP contribution in [-0.2, 0) is 27.8 Å². The van der Waals surface area contributed by atoms with Gasteiger partial charge in [0.15, 0.2) is 11.0 Å². The number of alkyl halides is 6. The molecular weight excluding hydrogens is 534 g/mol. The molecule has 1 unspecified atom stereocenters. The molecule has 2 atom stereocenters. The molecule has 4 rings (SSSR count). The highest BCUT2D eigenvalue weighted by atomic mass is 32.2. The lowest BCUT2D eigenvalue weighted by Gasteiger charge is -2.39. The van der Waals surface area contributed by atoms with E-state index in [-0.39, 0.29) is 42.5 Å². The molecule has 1 fully saturated rings. The van der Waals surface area contributed by atoms with Crippen LogP contribution in [0.1, 0.15) is 55.2 Å². The topological polar surface area (TPSA) is 69.6 Å². The standard InChI is InChI=1S/C26H28F6N2O3S/c1-16-6-11-21(12-7-16)38(37)34-20(15-23(35)33-19-4-2-3-5-19)10-8-17-14-18(9-13-22(17)34)24(36,25(27,28)29)26(30,31)32/h6-7,9,11-14,19-20,36H,2-5,8,10,15H2,1H3,(H,33,35)/t20-,38?/m0/s1. The lowest BCUT2D eigenvalue weighted by Crippen LogP contribution is -2.54. The predicted octanol–water partition coefficient (Wildman–Crippen LogP) is 5.60. The summed E-state index contributed by atoms with van der Waals surface area (Å²) in [6.45, 7) is 1.84. The fourth-order valence-corrected chi connectivity index (χ4v) is 6.50. The molecule has 1 amide bonds. The maximum Gasteiger partial charge on any atom is 0.430 e. The highest BCUT2D eigenvalue weighted by molar-refractivity contribution is 7.86. The van der Waals surface area contributed by atoms with Gasteiger partial charge in [0.25, 0.3) is 5.60 Å². The molecule has 0 spiro atoms. The second-order valence-electron chi connectivity index (χ2n) is 9.88. The second-order valence-corrected chi connectivity index (χ2v) is 11.2. The van der Waals surface area contributed by atoms with Crippen molar-refractivity contribution < 1.29 is 40.5 Å². The van der Waals surface area contributed by atoms with Gasteiger partial charge >= 0.3 is 12.4 Å². The van der Waals surface area contributed by atoms with Crippen molar-refractivity contribution in [1.82, 2.24) is 5.32 Å². The van der Waals surface area contributed by atoms with Crippen LogP contribution in [0.25, 0.3) is 0 Å². The van der Waals surface area contributed by atoms with Gasteiger partial charge in [0, 0.05) is 18.0 Å². The average molecular weight is 563 g/mol. The van der Waals surface area contributed by atoms with Crippen molar-refractivity contribution in [3.8, 4) is 0 Å². The fraction of sp³-hybridized carbons (Fsp3) is 0.500. The van der Waals surface area contributed by atoms with Crippen LogP contribution in [0, 0.1) is 6.92 Å². The van der Waals surface area contributed by atoms with E-state index >= 15 is 0 Å². The molecule has 0 saturated heterocycles. The summed E-state index contributed by atoms with van der Waals surface area (Å²) in [6.07, 6.45) is -8.11. The van der Waals surface area contributed by atoms with Crippen LogP contribution < -0.4 is 9.62 Å². The molecule has 0 bridgehead atoms. The number of aryl methyl sites for hydroxylation is 2. The third-order valence-electron chi connectivity index (χ3n) is 7.18. The predicted molar refractivity (Wildman–Crippen MR) is 130 cm³/mol. The van der Waals surface area contributed by atoms with Gasteiger partial charge in [0.1, 0.15) is 0 Å². The molecule has 5 nitrogen and oxygen atoms in total. The zero-order valence-electron chi connectivity index (χ0n) is 20.5. The molecule has 1 saturated carbocycles. The smallest absolute Gasteiger partial charge is 0.369 e. The average Bonchev–Trinajstić information content (AvgIpc) is 3.34. The molecule has 1 aliphatic carbocycles. The molecule has 12 heteroatoms. The normalized spacial score (nSPS) is 19.8. The van der Waals surface area contributed by atoms with E-state index in [4.69, 9.17) is 0 Å². The minimum atomic E-state index is -6.01. The third-order valence-corrected chi connectivity index (χ3v) is 8.70. The number of hydrogen-bond donors (Lipinski definition) is 2. The largest absolute Gasteiger partial charge is 0.430 e. The van der Waals surface area contributed by atoms with Crippen molar-refractivity contribution in [2.24, 2.45) is 0 Å². The van der Waals surface area contributed by atoms with Gasteiger partial charge in [-0.2, -0.15) is 26.3 Å². The molecule has 2 N–H and O–H groups in total. The quantitative estimate of drug-likeness (QED) is 0.451. The van der Waals surface area contributed by atoms with Crippen LogP contribution in [0.15, 0.2) is 47.4 Å². The zero-order valence-corrected chi connectivity index (χ0v) is 21.3. The molecule has 1 aliphatic heterocycles. The monoisotopic (exact) mass is 562 g/mol. The Hall–Kier alpha value is -2.60. The maximum atomic E-state index is 13.7. The van der Waals surface area contributed by atoms with Crippen molar-refractivity contribution in [3.63, 3.8) is 0 Å². The van der Waals surface area contributed by atoms with E-state index in [0.29, 0.717) is 17.0 Å². The van der Waals surface area contributed by atoms with E-state index in [2.05, 4.69) is 5.32 Å². The molecule has 0 radical (unpaired) electrons. The van der Waals surface area contributed by atoms with Crippen LogP contribution in [-0.4, -0.2) is 39.7 Å². The molecule has 2 aromatic carbocycles. The number of benzene rings is 2. The summed E-state index contributed by atoms with van der Waals surface area (Å²) in [5, 5.41) is 12.8. The van der Waals surface area contributed by atoms with Gasteiger partial charge in [0.05, 0.1) is 16.6 Å². The Bertz CT molecular complexity index is 1180. The van der Waals surface area contributed by atoms with Crippen LogP contribution in [0.4, 0.5) is 32.0 Å². The minimum Gasteiger partial charge on any atom is -0.369 e. The third kappa shape index (κ3) is 5.42. The Labute approximate surface area is 218 Å². The maximum absolute atomic E-state index is 13.7. The summed E-state index contributed by atoms with van der Waals surface area (Å²) in [5.41, 5.74) is -5.30. The van der Waals surface area contributed by atoms with E-state index in [9.17, 15) is 40.5 Å². The molecule has 0 aromatic heterocycles. The molecular formula is C26H28F6N2O3S. The number of aliphatic hydroxyl groups is 1. The summed E-state index contributed by atoms with van der Waals surface area (Å²) < 4.78 is 96.0. The first-order chi connectivity index (χ1) is 17.7. The Morgan fingerprint density at radius 2 is 1.61 bits per heavy atom.